The quantitative estimate of drug-likeness (QED) is 0.186. The fraction of sp³-hybridized carbons (Fsp3) is 0.125. The van der Waals surface area contributed by atoms with Crippen molar-refractivity contribution in [1.82, 2.24) is 4.90 Å². The van der Waals surface area contributed by atoms with Gasteiger partial charge in [-0.05, 0) is 71.6 Å². The standard InChI is InChI=1S/C24H17Cl2NO5S2/c1-2-31-19-11-14(6-8-18(19)32-23(29)20-4-3-9-33-20)12-21-22(28)27(24(30)34-21)13-15-5-7-16(25)17(26)10-15/h3-12H,2,13H2,1H3/b21-12-. The predicted molar refractivity (Wildman–Crippen MR) is 135 cm³/mol. The van der Waals surface area contributed by atoms with E-state index in [4.69, 9.17) is 32.7 Å². The highest BCUT2D eigenvalue weighted by Crippen LogP contribution is 2.36. The minimum Gasteiger partial charge on any atom is -0.490 e. The van der Waals surface area contributed by atoms with E-state index in [2.05, 4.69) is 0 Å². The summed E-state index contributed by atoms with van der Waals surface area (Å²) in [6, 6.07) is 13.4. The molecule has 1 aliphatic rings. The van der Waals surface area contributed by atoms with Gasteiger partial charge in [-0.15, -0.1) is 11.3 Å². The number of benzene rings is 2. The lowest BCUT2D eigenvalue weighted by Crippen LogP contribution is -2.27. The van der Waals surface area contributed by atoms with Gasteiger partial charge < -0.3 is 9.47 Å². The molecule has 0 radical (unpaired) electrons. The number of hydrogen-bond acceptors (Lipinski definition) is 7. The van der Waals surface area contributed by atoms with Crippen LogP contribution in [0.15, 0.2) is 58.8 Å². The number of carbonyl (C=O) groups excluding carboxylic acids is 3. The summed E-state index contributed by atoms with van der Waals surface area (Å²) in [5.41, 5.74) is 1.31. The number of esters is 1. The van der Waals surface area contributed by atoms with Crippen LogP contribution in [0.1, 0.15) is 27.7 Å². The van der Waals surface area contributed by atoms with E-state index in [-0.39, 0.29) is 22.4 Å². The van der Waals surface area contributed by atoms with Crippen LogP contribution in [0, 0.1) is 0 Å². The molecule has 0 saturated carbocycles. The van der Waals surface area contributed by atoms with Crippen LogP contribution < -0.4 is 9.47 Å². The van der Waals surface area contributed by atoms with Crippen LogP contribution in [0.4, 0.5) is 4.79 Å². The summed E-state index contributed by atoms with van der Waals surface area (Å²) in [5.74, 6) is -0.263. The molecule has 1 fully saturated rings. The minimum atomic E-state index is -0.480. The molecule has 1 aromatic heterocycles. The van der Waals surface area contributed by atoms with Crippen LogP contribution >= 0.6 is 46.3 Å². The fourth-order valence-electron chi connectivity index (χ4n) is 3.12. The number of hydrogen-bond donors (Lipinski definition) is 0. The number of nitrogens with zero attached hydrogens (tertiary/aromatic N) is 1. The lowest BCUT2D eigenvalue weighted by Gasteiger charge is -2.13. The van der Waals surface area contributed by atoms with Crippen molar-refractivity contribution in [1.29, 1.82) is 0 Å². The van der Waals surface area contributed by atoms with Gasteiger partial charge in [0.2, 0.25) is 0 Å². The monoisotopic (exact) mass is 533 g/mol. The molecule has 0 unspecified atom stereocenters. The Labute approximate surface area is 214 Å². The number of halogens is 2. The highest BCUT2D eigenvalue weighted by Gasteiger charge is 2.35. The van der Waals surface area contributed by atoms with E-state index in [1.54, 1.807) is 60.0 Å². The molecule has 174 valence electrons. The molecule has 34 heavy (non-hydrogen) atoms. The lowest BCUT2D eigenvalue weighted by molar-refractivity contribution is -0.123. The number of ether oxygens (including phenoxy) is 2. The fourth-order valence-corrected chi connectivity index (χ4v) is 4.88. The van der Waals surface area contributed by atoms with Gasteiger partial charge in [0.25, 0.3) is 11.1 Å². The average Bonchev–Trinajstić information content (AvgIpc) is 3.43. The highest BCUT2D eigenvalue weighted by molar-refractivity contribution is 8.18. The van der Waals surface area contributed by atoms with E-state index in [9.17, 15) is 14.4 Å². The van der Waals surface area contributed by atoms with Crippen molar-refractivity contribution in [3.63, 3.8) is 0 Å². The molecule has 6 nitrogen and oxygen atoms in total. The molecule has 1 saturated heterocycles. The molecule has 0 bridgehead atoms. The van der Waals surface area contributed by atoms with Crippen LogP contribution in [0.25, 0.3) is 6.08 Å². The van der Waals surface area contributed by atoms with Crippen molar-refractivity contribution in [2.45, 2.75) is 13.5 Å². The molecule has 2 heterocycles. The molecule has 0 spiro atoms. The first kappa shape index (κ1) is 24.3. The Morgan fingerprint density at radius 3 is 2.59 bits per heavy atom. The Morgan fingerprint density at radius 2 is 1.88 bits per heavy atom. The Morgan fingerprint density at radius 1 is 1.06 bits per heavy atom. The molecule has 10 heteroatoms. The average molecular weight is 534 g/mol. The topological polar surface area (TPSA) is 72.9 Å². The van der Waals surface area contributed by atoms with Gasteiger partial charge in [0.1, 0.15) is 4.88 Å². The molecule has 0 N–H and O–H groups in total. The Kier molecular flexibility index (Phi) is 7.63. The zero-order valence-corrected chi connectivity index (χ0v) is 20.9. The van der Waals surface area contributed by atoms with Crippen LogP contribution in [-0.2, 0) is 11.3 Å². The molecule has 3 aromatic rings. The second kappa shape index (κ2) is 10.7. The molecule has 0 aliphatic carbocycles. The number of thioether (sulfide) groups is 1. The first-order valence-electron chi connectivity index (χ1n) is 10.1. The summed E-state index contributed by atoms with van der Waals surface area (Å²) in [4.78, 5) is 39.6. The zero-order chi connectivity index (χ0) is 24.2. The van der Waals surface area contributed by atoms with Crippen LogP contribution in [-0.4, -0.2) is 28.6 Å². The van der Waals surface area contributed by atoms with Gasteiger partial charge in [-0.25, -0.2) is 4.79 Å². The smallest absolute Gasteiger partial charge is 0.353 e. The number of rotatable bonds is 7. The maximum Gasteiger partial charge on any atom is 0.353 e. The largest absolute Gasteiger partial charge is 0.490 e. The molecule has 2 aromatic carbocycles. The summed E-state index contributed by atoms with van der Waals surface area (Å²) >= 11 is 14.1. The van der Waals surface area contributed by atoms with Gasteiger partial charge in [-0.1, -0.05) is 41.4 Å². The molecule has 1 aliphatic heterocycles. The summed E-state index contributed by atoms with van der Waals surface area (Å²) in [7, 11) is 0. The Bertz CT molecular complexity index is 1290. The van der Waals surface area contributed by atoms with Crippen molar-refractivity contribution in [2.75, 3.05) is 6.61 Å². The van der Waals surface area contributed by atoms with Crippen molar-refractivity contribution < 1.29 is 23.9 Å². The summed E-state index contributed by atoms with van der Waals surface area (Å²) in [6.45, 7) is 2.25. The van der Waals surface area contributed by atoms with Crippen LogP contribution in [0.2, 0.25) is 10.0 Å². The second-order valence-corrected chi connectivity index (χ2v) is 9.78. The van der Waals surface area contributed by atoms with E-state index < -0.39 is 11.9 Å². The van der Waals surface area contributed by atoms with E-state index >= 15 is 0 Å². The number of amides is 2. The molecule has 0 atom stereocenters. The second-order valence-electron chi connectivity index (χ2n) is 7.02. The SMILES string of the molecule is CCOc1cc(/C=C2\SC(=O)N(Cc3ccc(Cl)c(Cl)c3)C2=O)ccc1OC(=O)c1cccs1. The third-order valence-corrected chi connectivity index (χ3v) is 7.18. The molecule has 2 amide bonds. The minimum absolute atomic E-state index is 0.0840. The van der Waals surface area contributed by atoms with E-state index in [1.165, 1.54) is 11.3 Å². The zero-order valence-electron chi connectivity index (χ0n) is 17.7. The van der Waals surface area contributed by atoms with Crippen molar-refractivity contribution in [2.24, 2.45) is 0 Å². The number of thiophene rings is 1. The first-order valence-corrected chi connectivity index (χ1v) is 12.5. The van der Waals surface area contributed by atoms with E-state index in [0.29, 0.717) is 38.4 Å². The third kappa shape index (κ3) is 5.47. The summed E-state index contributed by atoms with van der Waals surface area (Å²) < 4.78 is 11.1. The number of imide groups is 1. The Hall–Kier alpha value is -2.78. The molecular weight excluding hydrogens is 517 g/mol. The normalized spacial score (nSPS) is 14.7. The van der Waals surface area contributed by atoms with Gasteiger partial charge in [-0.2, -0.15) is 0 Å². The maximum absolute atomic E-state index is 12.9. The number of carbonyl (C=O) groups is 3. The van der Waals surface area contributed by atoms with Gasteiger partial charge in [0, 0.05) is 0 Å². The first-order chi connectivity index (χ1) is 16.4. The van der Waals surface area contributed by atoms with Crippen LogP contribution in [0.5, 0.6) is 11.5 Å². The highest BCUT2D eigenvalue weighted by atomic mass is 35.5. The molecular formula is C24H17Cl2NO5S2. The summed E-state index contributed by atoms with van der Waals surface area (Å²) in [5, 5.41) is 2.16. The van der Waals surface area contributed by atoms with Crippen molar-refractivity contribution >= 4 is 69.5 Å². The van der Waals surface area contributed by atoms with E-state index in [1.807, 2.05) is 6.92 Å². The van der Waals surface area contributed by atoms with Crippen molar-refractivity contribution in [3.8, 4) is 11.5 Å². The molecule has 4 rings (SSSR count). The van der Waals surface area contributed by atoms with Gasteiger partial charge in [-0.3, -0.25) is 14.5 Å². The summed E-state index contributed by atoms with van der Waals surface area (Å²) in [6.07, 6.45) is 1.60. The maximum atomic E-state index is 12.9. The van der Waals surface area contributed by atoms with Crippen molar-refractivity contribution in [3.05, 3.63) is 84.9 Å². The van der Waals surface area contributed by atoms with E-state index in [0.717, 1.165) is 16.7 Å². The Balaban J connectivity index is 1.53. The predicted octanol–water partition coefficient (Wildman–Crippen LogP) is 6.91. The third-order valence-electron chi connectivity index (χ3n) is 4.69. The lowest BCUT2D eigenvalue weighted by atomic mass is 10.1. The van der Waals surface area contributed by atoms with Gasteiger partial charge >= 0.3 is 5.97 Å². The van der Waals surface area contributed by atoms with Gasteiger partial charge in [0.15, 0.2) is 11.5 Å². The van der Waals surface area contributed by atoms with Crippen LogP contribution in [0.3, 0.4) is 0 Å². The van der Waals surface area contributed by atoms with Gasteiger partial charge in [0.05, 0.1) is 28.1 Å².